The molecule has 0 spiro atoms. The second-order valence-electron chi connectivity index (χ2n) is 8.39. The predicted octanol–water partition coefficient (Wildman–Crippen LogP) is 1.13. The maximum atomic E-state index is 12.5. The second kappa shape index (κ2) is 8.28. The van der Waals surface area contributed by atoms with Gasteiger partial charge in [-0.3, -0.25) is 9.48 Å². The quantitative estimate of drug-likeness (QED) is 0.735. The Morgan fingerprint density at radius 2 is 1.86 bits per heavy atom. The summed E-state index contributed by atoms with van der Waals surface area (Å²) in [4.78, 5) is 13.5. The summed E-state index contributed by atoms with van der Waals surface area (Å²) in [6.07, 6.45) is 0.616. The van der Waals surface area contributed by atoms with E-state index in [1.165, 1.54) is 0 Å². The summed E-state index contributed by atoms with van der Waals surface area (Å²) in [5.74, 6) is 0.363. The number of hydrogen-bond acceptors (Lipinski definition) is 4. The van der Waals surface area contributed by atoms with Crippen LogP contribution in [0.3, 0.4) is 0 Å². The Morgan fingerprint density at radius 1 is 1.21 bits per heavy atom. The summed E-state index contributed by atoms with van der Waals surface area (Å²) in [6.45, 7) is 8.97. The van der Waals surface area contributed by atoms with E-state index >= 15 is 0 Å². The monoisotopic (exact) mass is 419 g/mol. The molecule has 0 saturated carbocycles. The number of hydrogen-bond donors (Lipinski definition) is 2. The van der Waals surface area contributed by atoms with Crippen LogP contribution in [0.1, 0.15) is 40.5 Å². The first kappa shape index (κ1) is 21.5. The van der Waals surface area contributed by atoms with E-state index in [4.69, 9.17) is 0 Å². The molecule has 0 bridgehead atoms. The van der Waals surface area contributed by atoms with Gasteiger partial charge >= 0.3 is 0 Å². The van der Waals surface area contributed by atoms with Gasteiger partial charge in [-0.2, -0.15) is 5.10 Å². The number of nitrogens with zero attached hydrogens (tertiary/aromatic N) is 2. The van der Waals surface area contributed by atoms with Gasteiger partial charge < -0.3 is 10.2 Å². The van der Waals surface area contributed by atoms with Crippen molar-refractivity contribution in [2.75, 3.05) is 30.4 Å². The molecule has 1 aromatic carbocycles. The molecule has 2 heterocycles. The lowest BCUT2D eigenvalue weighted by Crippen LogP contribution is -3.08. The Balaban J connectivity index is 1.64. The Hall–Kier alpha value is -2.19. The van der Waals surface area contributed by atoms with Crippen LogP contribution in [-0.2, 0) is 21.2 Å². The van der Waals surface area contributed by atoms with Gasteiger partial charge in [-0.05, 0) is 57.4 Å². The van der Waals surface area contributed by atoms with Crippen molar-refractivity contribution >= 4 is 21.4 Å². The highest BCUT2D eigenvalue weighted by molar-refractivity contribution is 7.91. The van der Waals surface area contributed by atoms with Gasteiger partial charge in [0.05, 0.1) is 35.9 Å². The molecule has 1 aromatic heterocycles. The summed E-state index contributed by atoms with van der Waals surface area (Å²) < 4.78 is 25.5. The van der Waals surface area contributed by atoms with Gasteiger partial charge in [-0.25, -0.2) is 8.42 Å². The third-order valence-electron chi connectivity index (χ3n) is 5.48. The number of carbonyl (C=O) groups excluding carboxylic acids is 1. The first-order valence-electron chi connectivity index (χ1n) is 9.98. The minimum Gasteiger partial charge on any atom is -0.326 e. The second-order valence-corrected chi connectivity index (χ2v) is 10.6. The van der Waals surface area contributed by atoms with Gasteiger partial charge in [0.2, 0.25) is 0 Å². The molecule has 2 atom stereocenters. The van der Waals surface area contributed by atoms with Crippen LogP contribution in [0.5, 0.6) is 0 Å². The molecule has 0 radical (unpaired) electrons. The molecule has 8 heteroatoms. The molecule has 1 saturated heterocycles. The fourth-order valence-electron chi connectivity index (χ4n) is 4.17. The Labute approximate surface area is 173 Å². The molecule has 1 amide bonds. The number of anilines is 1. The van der Waals surface area contributed by atoms with Crippen molar-refractivity contribution in [3.8, 4) is 0 Å². The standard InChI is InChI=1S/C21H30N4O3S/c1-14-8-15(2)10-18(9-14)22-21(26)12-24(5)11-20-16(3)23-25(17(20)4)19-6-7-29(27,28)13-19/h8-10,19H,6-7,11-13H2,1-5H3,(H,22,26)/p+1/t19-/m0/s1. The number of rotatable bonds is 6. The lowest BCUT2D eigenvalue weighted by molar-refractivity contribution is -0.885. The molecule has 2 N–H and O–H groups in total. The maximum Gasteiger partial charge on any atom is 0.279 e. The van der Waals surface area contributed by atoms with Crippen LogP contribution >= 0.6 is 0 Å². The van der Waals surface area contributed by atoms with Crippen LogP contribution in [0.25, 0.3) is 0 Å². The molecule has 1 fully saturated rings. The molecule has 3 rings (SSSR count). The smallest absolute Gasteiger partial charge is 0.279 e. The first-order valence-corrected chi connectivity index (χ1v) is 11.8. The summed E-state index contributed by atoms with van der Waals surface area (Å²) in [6, 6.07) is 5.93. The Bertz CT molecular complexity index is 1010. The molecule has 0 aliphatic carbocycles. The molecular weight excluding hydrogens is 388 g/mol. The van der Waals surface area contributed by atoms with E-state index < -0.39 is 9.84 Å². The van der Waals surface area contributed by atoms with E-state index in [2.05, 4.69) is 16.5 Å². The van der Waals surface area contributed by atoms with Gasteiger partial charge in [0.15, 0.2) is 16.4 Å². The van der Waals surface area contributed by atoms with Gasteiger partial charge in [0, 0.05) is 11.4 Å². The van der Waals surface area contributed by atoms with Crippen molar-refractivity contribution < 1.29 is 18.1 Å². The van der Waals surface area contributed by atoms with E-state index in [9.17, 15) is 13.2 Å². The van der Waals surface area contributed by atoms with Crippen molar-refractivity contribution in [2.24, 2.45) is 0 Å². The maximum absolute atomic E-state index is 12.5. The fraction of sp³-hybridized carbons (Fsp3) is 0.524. The number of sulfone groups is 1. The van der Waals surface area contributed by atoms with E-state index in [-0.39, 0.29) is 23.5 Å². The SMILES string of the molecule is Cc1cc(C)cc(NC(=O)C[NH+](C)Cc2c(C)nn([C@H]3CCS(=O)(=O)C3)c2C)c1. The summed E-state index contributed by atoms with van der Waals surface area (Å²) in [5, 5.41) is 7.60. The van der Waals surface area contributed by atoms with Gasteiger partial charge in [0.25, 0.3) is 5.91 Å². The highest BCUT2D eigenvalue weighted by Crippen LogP contribution is 2.26. The van der Waals surface area contributed by atoms with Crippen LogP contribution in [0, 0.1) is 27.7 Å². The highest BCUT2D eigenvalue weighted by atomic mass is 32.2. The average molecular weight is 420 g/mol. The zero-order valence-electron chi connectivity index (χ0n) is 17.9. The van der Waals surface area contributed by atoms with Crippen molar-refractivity contribution in [1.82, 2.24) is 9.78 Å². The van der Waals surface area contributed by atoms with E-state index in [1.807, 2.05) is 51.6 Å². The van der Waals surface area contributed by atoms with Crippen molar-refractivity contribution in [1.29, 1.82) is 0 Å². The number of aromatic nitrogens is 2. The fourth-order valence-corrected chi connectivity index (χ4v) is 5.86. The number of carbonyl (C=O) groups is 1. The van der Waals surface area contributed by atoms with Crippen LogP contribution in [0.4, 0.5) is 5.69 Å². The van der Waals surface area contributed by atoms with Crippen molar-refractivity contribution in [3.63, 3.8) is 0 Å². The first-order chi connectivity index (χ1) is 13.5. The molecule has 29 heavy (non-hydrogen) atoms. The van der Waals surface area contributed by atoms with Crippen LogP contribution < -0.4 is 10.2 Å². The predicted molar refractivity (Wildman–Crippen MR) is 114 cm³/mol. The van der Waals surface area contributed by atoms with Crippen LogP contribution in [0.15, 0.2) is 18.2 Å². The lowest BCUT2D eigenvalue weighted by atomic mass is 10.1. The zero-order chi connectivity index (χ0) is 21.3. The van der Waals surface area contributed by atoms with E-state index in [0.717, 1.165) is 38.7 Å². The third-order valence-corrected chi connectivity index (χ3v) is 7.23. The number of benzene rings is 1. The molecule has 1 unspecified atom stereocenters. The molecule has 7 nitrogen and oxygen atoms in total. The van der Waals surface area contributed by atoms with E-state index in [0.29, 0.717) is 19.5 Å². The third kappa shape index (κ3) is 5.25. The van der Waals surface area contributed by atoms with Crippen LogP contribution in [0.2, 0.25) is 0 Å². The zero-order valence-corrected chi connectivity index (χ0v) is 18.7. The van der Waals surface area contributed by atoms with Gasteiger partial charge in [-0.1, -0.05) is 6.07 Å². The molecule has 1 aliphatic rings. The lowest BCUT2D eigenvalue weighted by Gasteiger charge is -2.15. The number of nitrogens with one attached hydrogen (secondary N) is 2. The largest absolute Gasteiger partial charge is 0.326 e. The Morgan fingerprint density at radius 3 is 2.45 bits per heavy atom. The topological polar surface area (TPSA) is 85.5 Å². The molecule has 158 valence electrons. The van der Waals surface area contributed by atoms with E-state index in [1.54, 1.807) is 0 Å². The number of likely N-dealkylation sites (N-methyl/N-ethyl adjacent to an activating group) is 1. The molecular formula is C21H31N4O3S+. The number of amides is 1. The minimum atomic E-state index is -2.96. The van der Waals surface area contributed by atoms with Crippen molar-refractivity contribution in [3.05, 3.63) is 46.3 Å². The molecule has 1 aliphatic heterocycles. The number of aryl methyl sites for hydroxylation is 3. The normalized spacial score (nSPS) is 19.3. The van der Waals surface area contributed by atoms with Gasteiger partial charge in [0.1, 0.15) is 6.54 Å². The number of quaternary nitrogens is 1. The average Bonchev–Trinajstić information content (AvgIpc) is 3.07. The molecule has 2 aromatic rings. The van der Waals surface area contributed by atoms with Crippen LogP contribution in [-0.4, -0.2) is 49.2 Å². The van der Waals surface area contributed by atoms with Crippen molar-refractivity contribution in [2.45, 2.75) is 46.7 Å². The Kier molecular flexibility index (Phi) is 6.14. The summed E-state index contributed by atoms with van der Waals surface area (Å²) >= 11 is 0. The highest BCUT2D eigenvalue weighted by Gasteiger charge is 2.31. The minimum absolute atomic E-state index is 0.0305. The van der Waals surface area contributed by atoms with Gasteiger partial charge in [-0.15, -0.1) is 0 Å². The summed E-state index contributed by atoms with van der Waals surface area (Å²) in [5.41, 5.74) is 6.05. The summed E-state index contributed by atoms with van der Waals surface area (Å²) in [7, 11) is -0.974.